The van der Waals surface area contributed by atoms with Crippen molar-refractivity contribution >= 4 is 11.9 Å². The molecule has 0 aliphatic carbocycles. The van der Waals surface area contributed by atoms with Gasteiger partial charge in [0.1, 0.15) is 5.76 Å². The van der Waals surface area contributed by atoms with Crippen molar-refractivity contribution in [2.45, 2.75) is 6.54 Å². The summed E-state index contributed by atoms with van der Waals surface area (Å²) in [5, 5.41) is 6.79. The summed E-state index contributed by atoms with van der Waals surface area (Å²) >= 11 is 0. The number of nitrogens with zero attached hydrogens (tertiary/aromatic N) is 2. The maximum Gasteiger partial charge on any atom is 0.373 e. The van der Waals surface area contributed by atoms with Crippen molar-refractivity contribution in [1.82, 2.24) is 10.1 Å². The van der Waals surface area contributed by atoms with Crippen molar-refractivity contribution in [3.63, 3.8) is 0 Å². The Labute approximate surface area is 125 Å². The number of hydrogen-bond donors (Lipinski definition) is 1. The van der Waals surface area contributed by atoms with Gasteiger partial charge in [-0.05, 0) is 29.4 Å². The fraction of sp³-hybridized carbons (Fsp3) is 0.133. The molecule has 0 fully saturated rings. The molecule has 0 atom stereocenters. The highest BCUT2D eigenvalue weighted by Crippen LogP contribution is 2.18. The number of nitrogens with one attached hydrogen (secondary N) is 1. The minimum absolute atomic E-state index is 0.150. The van der Waals surface area contributed by atoms with Gasteiger partial charge in [0, 0.05) is 5.56 Å². The number of anilines is 1. The normalized spacial score (nSPS) is 10.4. The molecule has 0 bridgehead atoms. The first-order chi connectivity index (χ1) is 10.8. The van der Waals surface area contributed by atoms with E-state index in [1.165, 1.54) is 7.11 Å². The van der Waals surface area contributed by atoms with Crippen LogP contribution in [0.25, 0.3) is 11.5 Å². The second-order valence-corrected chi connectivity index (χ2v) is 4.40. The molecular formula is C15H13N3O4. The summed E-state index contributed by atoms with van der Waals surface area (Å²) in [6, 6.07) is 12.7. The lowest BCUT2D eigenvalue weighted by molar-refractivity contribution is 0.0563. The molecule has 1 N–H and O–H groups in total. The van der Waals surface area contributed by atoms with Crippen LogP contribution < -0.4 is 5.32 Å². The maximum absolute atomic E-state index is 11.3. The van der Waals surface area contributed by atoms with Gasteiger partial charge in [-0.3, -0.25) is 0 Å². The van der Waals surface area contributed by atoms with Crippen LogP contribution in [0.5, 0.6) is 0 Å². The molecule has 0 saturated heterocycles. The first-order valence-corrected chi connectivity index (χ1v) is 6.56. The van der Waals surface area contributed by atoms with Crippen LogP contribution in [0.15, 0.2) is 51.4 Å². The van der Waals surface area contributed by atoms with Crippen molar-refractivity contribution in [2.24, 2.45) is 0 Å². The second kappa shape index (κ2) is 6.13. The number of aromatic nitrogens is 2. The lowest BCUT2D eigenvalue weighted by atomic mass is 10.2. The third-order valence-corrected chi connectivity index (χ3v) is 2.92. The summed E-state index contributed by atoms with van der Waals surface area (Å²) in [7, 11) is 1.30. The number of carbonyl (C=O) groups is 1. The zero-order valence-corrected chi connectivity index (χ0v) is 11.8. The van der Waals surface area contributed by atoms with E-state index in [-0.39, 0.29) is 5.76 Å². The van der Waals surface area contributed by atoms with Crippen molar-refractivity contribution in [2.75, 3.05) is 12.4 Å². The largest absolute Gasteiger partial charge is 0.463 e. The summed E-state index contributed by atoms with van der Waals surface area (Å²) in [6.45, 7) is 0.324. The predicted molar refractivity (Wildman–Crippen MR) is 77.1 cm³/mol. The number of esters is 1. The first-order valence-electron chi connectivity index (χ1n) is 6.56. The number of carbonyl (C=O) groups excluding carboxylic acids is 1. The van der Waals surface area contributed by atoms with Gasteiger partial charge >= 0.3 is 5.97 Å². The Morgan fingerprint density at radius 1 is 1.23 bits per heavy atom. The summed E-state index contributed by atoms with van der Waals surface area (Å²) in [4.78, 5) is 15.5. The Kier molecular flexibility index (Phi) is 3.86. The smallest absolute Gasteiger partial charge is 0.373 e. The number of rotatable bonds is 5. The molecule has 0 radical (unpaired) electrons. The van der Waals surface area contributed by atoms with E-state index in [9.17, 15) is 4.79 Å². The van der Waals surface area contributed by atoms with Crippen molar-refractivity contribution in [3.05, 3.63) is 54.0 Å². The Balaban J connectivity index is 1.64. The Morgan fingerprint density at radius 3 is 2.82 bits per heavy atom. The molecule has 0 spiro atoms. The van der Waals surface area contributed by atoms with Gasteiger partial charge in [0.2, 0.25) is 5.76 Å². The Morgan fingerprint density at radius 2 is 2.05 bits per heavy atom. The van der Waals surface area contributed by atoms with E-state index in [2.05, 4.69) is 20.2 Å². The molecule has 7 heteroatoms. The average Bonchev–Trinajstić information content (AvgIpc) is 3.22. The summed E-state index contributed by atoms with van der Waals surface area (Å²) in [6.07, 6.45) is 0. The topological polar surface area (TPSA) is 90.4 Å². The molecule has 1 aromatic carbocycles. The number of hydrogen-bond acceptors (Lipinski definition) is 7. The van der Waals surface area contributed by atoms with Crippen LogP contribution in [0.3, 0.4) is 0 Å². The highest BCUT2D eigenvalue weighted by molar-refractivity contribution is 5.86. The number of benzene rings is 1. The molecule has 0 saturated carbocycles. The fourth-order valence-corrected chi connectivity index (χ4v) is 1.84. The van der Waals surface area contributed by atoms with Crippen LogP contribution in [0, 0.1) is 0 Å². The lowest BCUT2D eigenvalue weighted by Gasteiger charge is -1.97. The summed E-state index contributed by atoms with van der Waals surface area (Å²) in [5.74, 6) is 0.966. The Bertz CT molecular complexity index is 764. The molecule has 22 heavy (non-hydrogen) atoms. The monoisotopic (exact) mass is 299 g/mol. The summed E-state index contributed by atoms with van der Waals surface area (Å²) < 4.78 is 15.1. The van der Waals surface area contributed by atoms with Crippen molar-refractivity contribution in [1.29, 1.82) is 0 Å². The molecule has 3 rings (SSSR count). The quantitative estimate of drug-likeness (QED) is 0.724. The molecule has 3 aromatic rings. The minimum Gasteiger partial charge on any atom is -0.463 e. The molecule has 0 amide bonds. The van der Waals surface area contributed by atoms with Crippen LogP contribution in [0.2, 0.25) is 0 Å². The van der Waals surface area contributed by atoms with Gasteiger partial charge in [-0.1, -0.05) is 18.2 Å². The number of methoxy groups -OCH3 is 1. The number of ether oxygens (including phenoxy) is 1. The van der Waals surface area contributed by atoms with E-state index in [1.807, 2.05) is 30.3 Å². The lowest BCUT2D eigenvalue weighted by Crippen LogP contribution is -2.01. The van der Waals surface area contributed by atoms with Gasteiger partial charge < -0.3 is 19.0 Å². The SMILES string of the molecule is COC(=O)c1ccc(CNc2noc(-c3ccccc3)n2)o1. The molecule has 2 aromatic heterocycles. The van der Waals surface area contributed by atoms with Gasteiger partial charge in [0.15, 0.2) is 0 Å². The van der Waals surface area contributed by atoms with Crippen LogP contribution in [-0.2, 0) is 11.3 Å². The van der Waals surface area contributed by atoms with E-state index >= 15 is 0 Å². The molecule has 7 nitrogen and oxygen atoms in total. The van der Waals surface area contributed by atoms with Crippen molar-refractivity contribution in [3.8, 4) is 11.5 Å². The number of furan rings is 1. The van der Waals surface area contributed by atoms with Gasteiger partial charge in [0.05, 0.1) is 13.7 Å². The molecule has 0 aliphatic heterocycles. The average molecular weight is 299 g/mol. The predicted octanol–water partition coefficient (Wildman–Crippen LogP) is 2.73. The van der Waals surface area contributed by atoms with Gasteiger partial charge in [0.25, 0.3) is 11.8 Å². The second-order valence-electron chi connectivity index (χ2n) is 4.40. The standard InChI is InChI=1S/C15H13N3O4/c1-20-14(19)12-8-7-11(21-12)9-16-15-17-13(22-18-15)10-5-3-2-4-6-10/h2-8H,9H2,1H3,(H,16,18). The zero-order chi connectivity index (χ0) is 15.4. The third-order valence-electron chi connectivity index (χ3n) is 2.92. The molecular weight excluding hydrogens is 286 g/mol. The van der Waals surface area contributed by atoms with E-state index in [4.69, 9.17) is 8.94 Å². The first kappa shape index (κ1) is 13.9. The minimum atomic E-state index is -0.517. The third kappa shape index (κ3) is 2.98. The fourth-order valence-electron chi connectivity index (χ4n) is 1.84. The van der Waals surface area contributed by atoms with Gasteiger partial charge in [-0.2, -0.15) is 4.98 Å². The van der Waals surface area contributed by atoms with Gasteiger partial charge in [-0.15, -0.1) is 0 Å². The van der Waals surface area contributed by atoms with Crippen LogP contribution in [0.4, 0.5) is 5.95 Å². The van der Waals surface area contributed by atoms with E-state index in [1.54, 1.807) is 12.1 Å². The zero-order valence-electron chi connectivity index (χ0n) is 11.8. The molecule has 0 aliphatic rings. The molecule has 112 valence electrons. The highest BCUT2D eigenvalue weighted by atomic mass is 16.5. The van der Waals surface area contributed by atoms with E-state index < -0.39 is 5.97 Å². The molecule has 2 heterocycles. The molecule has 0 unspecified atom stereocenters. The summed E-state index contributed by atoms with van der Waals surface area (Å²) in [5.41, 5.74) is 0.842. The highest BCUT2D eigenvalue weighted by Gasteiger charge is 2.12. The van der Waals surface area contributed by atoms with Crippen LogP contribution >= 0.6 is 0 Å². The Hall–Kier alpha value is -3.09. The van der Waals surface area contributed by atoms with E-state index in [0.717, 1.165) is 5.56 Å². The van der Waals surface area contributed by atoms with E-state index in [0.29, 0.717) is 24.1 Å². The maximum atomic E-state index is 11.3. The van der Waals surface area contributed by atoms with Crippen LogP contribution in [0.1, 0.15) is 16.3 Å². The van der Waals surface area contributed by atoms with Crippen molar-refractivity contribution < 1.29 is 18.5 Å². The van der Waals surface area contributed by atoms with Gasteiger partial charge in [-0.25, -0.2) is 4.79 Å². The van der Waals surface area contributed by atoms with Crippen LogP contribution in [-0.4, -0.2) is 23.2 Å².